The molecule has 2 heterocycles. The molecule has 1 saturated heterocycles. The predicted octanol–water partition coefficient (Wildman–Crippen LogP) is 2.73. The number of nitrogens with one attached hydrogen (secondary N) is 1. The summed E-state index contributed by atoms with van der Waals surface area (Å²) in [6.07, 6.45) is 6.74. The Morgan fingerprint density at radius 3 is 2.59 bits per heavy atom. The average Bonchev–Trinajstić information content (AvgIpc) is 2.99. The minimum Gasteiger partial charge on any atom is -0.319 e. The van der Waals surface area contributed by atoms with Gasteiger partial charge in [0.25, 0.3) is 0 Å². The van der Waals surface area contributed by atoms with Gasteiger partial charge in [0.15, 0.2) is 0 Å². The number of hydrogen-bond donors (Lipinski definition) is 1. The van der Waals surface area contributed by atoms with Gasteiger partial charge in [0.05, 0.1) is 11.9 Å². The number of rotatable bonds is 5. The quantitative estimate of drug-likeness (QED) is 0.919. The first kappa shape index (κ1) is 17.0. The van der Waals surface area contributed by atoms with Gasteiger partial charge < -0.3 is 5.32 Å². The molecule has 120 valence electrons. The van der Waals surface area contributed by atoms with E-state index in [0.717, 1.165) is 24.7 Å². The monoisotopic (exact) mass is 320 g/mol. The Morgan fingerprint density at radius 2 is 1.91 bits per heavy atom. The Kier molecular flexibility index (Phi) is 6.43. The van der Waals surface area contributed by atoms with Crippen molar-refractivity contribution in [1.29, 1.82) is 0 Å². The van der Waals surface area contributed by atoms with Crippen LogP contribution in [0.2, 0.25) is 0 Å². The van der Waals surface area contributed by atoms with Gasteiger partial charge in [-0.1, -0.05) is 18.2 Å². The molecule has 0 aliphatic carbocycles. The summed E-state index contributed by atoms with van der Waals surface area (Å²) in [6.45, 7) is 4.56. The molecule has 1 aliphatic heterocycles. The zero-order chi connectivity index (χ0) is 14.5. The third-order valence-electron chi connectivity index (χ3n) is 4.26. The summed E-state index contributed by atoms with van der Waals surface area (Å²) in [5.74, 6) is 0.846. The lowest BCUT2D eigenvalue weighted by Gasteiger charge is -2.31. The highest BCUT2D eigenvalue weighted by molar-refractivity contribution is 5.85. The van der Waals surface area contributed by atoms with Crippen LogP contribution in [0.4, 0.5) is 0 Å². The van der Waals surface area contributed by atoms with Gasteiger partial charge in [-0.3, -0.25) is 4.90 Å². The van der Waals surface area contributed by atoms with Crippen molar-refractivity contribution in [3.05, 3.63) is 48.3 Å². The Morgan fingerprint density at radius 1 is 1.18 bits per heavy atom. The molecule has 3 rings (SSSR count). The van der Waals surface area contributed by atoms with E-state index < -0.39 is 0 Å². The van der Waals surface area contributed by atoms with Crippen LogP contribution in [-0.2, 0) is 6.54 Å². The number of likely N-dealkylation sites (tertiary alicyclic amines) is 1. The van der Waals surface area contributed by atoms with E-state index in [2.05, 4.69) is 33.6 Å². The Labute approximate surface area is 138 Å². The lowest BCUT2D eigenvalue weighted by Crippen LogP contribution is -2.36. The Balaban J connectivity index is 0.00000176. The maximum atomic E-state index is 4.48. The van der Waals surface area contributed by atoms with Crippen molar-refractivity contribution in [2.75, 3.05) is 26.7 Å². The van der Waals surface area contributed by atoms with Crippen LogP contribution >= 0.6 is 12.4 Å². The van der Waals surface area contributed by atoms with Crippen LogP contribution in [0.3, 0.4) is 0 Å². The van der Waals surface area contributed by atoms with Gasteiger partial charge in [-0.15, -0.1) is 12.4 Å². The van der Waals surface area contributed by atoms with Crippen molar-refractivity contribution in [3.8, 4) is 5.69 Å². The summed E-state index contributed by atoms with van der Waals surface area (Å²) in [5, 5.41) is 7.77. The number of para-hydroxylation sites is 1. The molecule has 0 unspecified atom stereocenters. The first-order valence-electron chi connectivity index (χ1n) is 7.81. The topological polar surface area (TPSA) is 33.1 Å². The van der Waals surface area contributed by atoms with E-state index >= 15 is 0 Å². The molecule has 0 radical (unpaired) electrons. The van der Waals surface area contributed by atoms with E-state index in [1.165, 1.54) is 31.5 Å². The van der Waals surface area contributed by atoms with E-state index in [1.807, 2.05) is 36.1 Å². The summed E-state index contributed by atoms with van der Waals surface area (Å²) in [6, 6.07) is 10.3. The fourth-order valence-electron chi connectivity index (χ4n) is 3.06. The number of aromatic nitrogens is 2. The number of hydrogen-bond acceptors (Lipinski definition) is 3. The molecule has 1 aliphatic rings. The number of halogens is 1. The van der Waals surface area contributed by atoms with E-state index in [1.54, 1.807) is 0 Å². The van der Waals surface area contributed by atoms with Gasteiger partial charge in [0.2, 0.25) is 0 Å². The molecule has 0 saturated carbocycles. The largest absolute Gasteiger partial charge is 0.319 e. The van der Waals surface area contributed by atoms with Crippen molar-refractivity contribution in [2.24, 2.45) is 5.92 Å². The number of piperidine rings is 1. The molecule has 0 atom stereocenters. The highest BCUT2D eigenvalue weighted by atomic mass is 35.5. The first-order valence-corrected chi connectivity index (χ1v) is 7.81. The summed E-state index contributed by atoms with van der Waals surface area (Å²) < 4.78 is 1.96. The molecule has 1 N–H and O–H groups in total. The van der Waals surface area contributed by atoms with Gasteiger partial charge in [0, 0.05) is 18.3 Å². The fraction of sp³-hybridized carbons (Fsp3) is 0.471. The standard InChI is InChI=1S/C17H24N4.ClH/c1-18-11-15-7-9-20(10-8-15)13-16-12-19-21(14-16)17-5-3-2-4-6-17;/h2-6,12,14-15,18H,7-11,13H2,1H3;1H. The van der Waals surface area contributed by atoms with E-state index in [0.29, 0.717) is 0 Å². The fourth-order valence-corrected chi connectivity index (χ4v) is 3.06. The minimum atomic E-state index is 0. The number of nitrogens with zero attached hydrogens (tertiary/aromatic N) is 3. The molecule has 0 spiro atoms. The maximum Gasteiger partial charge on any atom is 0.0645 e. The molecule has 0 amide bonds. The van der Waals surface area contributed by atoms with Crippen LogP contribution in [-0.4, -0.2) is 41.4 Å². The summed E-state index contributed by atoms with van der Waals surface area (Å²) in [4.78, 5) is 2.54. The molecule has 22 heavy (non-hydrogen) atoms. The van der Waals surface area contributed by atoms with Crippen LogP contribution < -0.4 is 5.32 Å². The predicted molar refractivity (Wildman–Crippen MR) is 92.7 cm³/mol. The summed E-state index contributed by atoms with van der Waals surface area (Å²) in [7, 11) is 2.05. The van der Waals surface area contributed by atoms with Gasteiger partial charge >= 0.3 is 0 Å². The molecule has 4 nitrogen and oxygen atoms in total. The highest BCUT2D eigenvalue weighted by Gasteiger charge is 2.18. The molecule has 1 fully saturated rings. The number of benzene rings is 1. The smallest absolute Gasteiger partial charge is 0.0645 e. The normalized spacial score (nSPS) is 16.4. The van der Waals surface area contributed by atoms with E-state index in [-0.39, 0.29) is 12.4 Å². The van der Waals surface area contributed by atoms with Crippen molar-refractivity contribution in [3.63, 3.8) is 0 Å². The third-order valence-corrected chi connectivity index (χ3v) is 4.26. The molecular weight excluding hydrogens is 296 g/mol. The Hall–Kier alpha value is -1.36. The van der Waals surface area contributed by atoms with Gasteiger partial charge in [0.1, 0.15) is 0 Å². The van der Waals surface area contributed by atoms with Crippen LogP contribution in [0.5, 0.6) is 0 Å². The highest BCUT2D eigenvalue weighted by Crippen LogP contribution is 2.18. The van der Waals surface area contributed by atoms with E-state index in [9.17, 15) is 0 Å². The van der Waals surface area contributed by atoms with Crippen molar-refractivity contribution < 1.29 is 0 Å². The van der Waals surface area contributed by atoms with Gasteiger partial charge in [-0.25, -0.2) is 4.68 Å². The summed E-state index contributed by atoms with van der Waals surface area (Å²) in [5.41, 5.74) is 2.42. The van der Waals surface area contributed by atoms with Gasteiger partial charge in [-0.2, -0.15) is 5.10 Å². The zero-order valence-electron chi connectivity index (χ0n) is 13.1. The summed E-state index contributed by atoms with van der Waals surface area (Å²) >= 11 is 0. The van der Waals surface area contributed by atoms with Crippen LogP contribution in [0.25, 0.3) is 5.69 Å². The molecule has 2 aromatic rings. The zero-order valence-corrected chi connectivity index (χ0v) is 13.9. The first-order chi connectivity index (χ1) is 10.3. The molecule has 5 heteroatoms. The molecule has 1 aromatic carbocycles. The lowest BCUT2D eigenvalue weighted by atomic mass is 9.97. The lowest BCUT2D eigenvalue weighted by molar-refractivity contribution is 0.177. The second-order valence-electron chi connectivity index (χ2n) is 5.91. The van der Waals surface area contributed by atoms with Crippen LogP contribution in [0.1, 0.15) is 18.4 Å². The van der Waals surface area contributed by atoms with E-state index in [4.69, 9.17) is 0 Å². The van der Waals surface area contributed by atoms with Gasteiger partial charge in [-0.05, 0) is 57.6 Å². The van der Waals surface area contributed by atoms with Crippen LogP contribution in [0, 0.1) is 5.92 Å². The third kappa shape index (κ3) is 4.32. The second kappa shape index (κ2) is 8.32. The minimum absolute atomic E-state index is 0. The molecule has 1 aromatic heterocycles. The van der Waals surface area contributed by atoms with Crippen molar-refractivity contribution in [1.82, 2.24) is 20.0 Å². The van der Waals surface area contributed by atoms with Crippen molar-refractivity contribution >= 4 is 12.4 Å². The maximum absolute atomic E-state index is 4.48. The second-order valence-corrected chi connectivity index (χ2v) is 5.91. The molecule has 0 bridgehead atoms. The SMILES string of the molecule is CNCC1CCN(Cc2cnn(-c3ccccc3)c2)CC1.Cl. The average molecular weight is 321 g/mol. The Bertz CT molecular complexity index is 547. The van der Waals surface area contributed by atoms with Crippen LogP contribution in [0.15, 0.2) is 42.7 Å². The molecular formula is C17H25ClN4. The van der Waals surface area contributed by atoms with Crippen molar-refractivity contribution in [2.45, 2.75) is 19.4 Å².